The molecule has 1 unspecified atom stereocenters. The van der Waals surface area contributed by atoms with Gasteiger partial charge in [-0.05, 0) is 68.0 Å². The number of hydrogen-bond donors (Lipinski definition) is 2. The number of ether oxygens (including phenoxy) is 2. The van der Waals surface area contributed by atoms with Crippen molar-refractivity contribution in [2.75, 3.05) is 6.61 Å². The number of alkyl halides is 2. The fourth-order valence-corrected chi connectivity index (χ4v) is 6.06. The van der Waals surface area contributed by atoms with E-state index >= 15 is 8.78 Å². The standard InChI is InChI=1S/C28H34F2O5S/c29-28(30,25-17-19-9-5-6-11-24(19)36-25)15-14-21-20(10-3-1-2-4-12-26(32)33)22(31)18-23(21)35-27-13-7-8-16-34-27/h1,3,5-6,9,11,14-15,17,20-23,27,31H,2,4,7-8,10,12-13,16,18H2,(H,32,33)/t20-,21-,22+,23-,27?/m1/s1. The lowest BCUT2D eigenvalue weighted by Crippen LogP contribution is -2.30. The molecule has 0 spiro atoms. The molecule has 1 saturated carbocycles. The van der Waals surface area contributed by atoms with Crippen LogP contribution in [0.25, 0.3) is 10.1 Å². The zero-order valence-corrected chi connectivity index (χ0v) is 21.0. The van der Waals surface area contributed by atoms with Gasteiger partial charge in [0.05, 0.1) is 17.1 Å². The van der Waals surface area contributed by atoms with Gasteiger partial charge in [0.25, 0.3) is 0 Å². The van der Waals surface area contributed by atoms with Crippen LogP contribution in [0.4, 0.5) is 8.78 Å². The minimum absolute atomic E-state index is 0.0125. The Hall–Kier alpha value is -2.13. The molecule has 5 atom stereocenters. The van der Waals surface area contributed by atoms with E-state index < -0.39 is 30.0 Å². The van der Waals surface area contributed by atoms with Crippen LogP contribution in [0.5, 0.6) is 0 Å². The first-order valence-electron chi connectivity index (χ1n) is 12.7. The Morgan fingerprint density at radius 2 is 2.08 bits per heavy atom. The van der Waals surface area contributed by atoms with E-state index in [9.17, 15) is 9.90 Å². The Morgan fingerprint density at radius 3 is 2.83 bits per heavy atom. The van der Waals surface area contributed by atoms with E-state index in [-0.39, 0.29) is 23.5 Å². The van der Waals surface area contributed by atoms with Crippen molar-refractivity contribution in [3.63, 3.8) is 0 Å². The van der Waals surface area contributed by atoms with Crippen LogP contribution >= 0.6 is 11.3 Å². The van der Waals surface area contributed by atoms with Crippen molar-refractivity contribution in [3.8, 4) is 0 Å². The maximum absolute atomic E-state index is 15.2. The topological polar surface area (TPSA) is 76.0 Å². The number of halogens is 2. The van der Waals surface area contributed by atoms with E-state index in [2.05, 4.69) is 0 Å². The highest BCUT2D eigenvalue weighted by atomic mass is 32.1. The normalized spacial score (nSPS) is 27.5. The van der Waals surface area contributed by atoms with Gasteiger partial charge in [-0.3, -0.25) is 4.79 Å². The molecule has 1 aliphatic carbocycles. The molecule has 2 N–H and O–H groups in total. The molecule has 2 heterocycles. The molecule has 196 valence electrons. The zero-order chi connectivity index (χ0) is 25.5. The fourth-order valence-electron chi connectivity index (χ4n) is 5.05. The summed E-state index contributed by atoms with van der Waals surface area (Å²) in [5, 5.41) is 20.4. The van der Waals surface area contributed by atoms with Crippen LogP contribution < -0.4 is 0 Å². The summed E-state index contributed by atoms with van der Waals surface area (Å²) in [4.78, 5) is 10.7. The molecule has 2 aromatic rings. The molecule has 8 heteroatoms. The van der Waals surface area contributed by atoms with Crippen molar-refractivity contribution in [2.24, 2.45) is 11.8 Å². The second kappa shape index (κ2) is 12.4. The largest absolute Gasteiger partial charge is 0.481 e. The highest BCUT2D eigenvalue weighted by molar-refractivity contribution is 7.19. The Morgan fingerprint density at radius 1 is 1.25 bits per heavy atom. The van der Waals surface area contributed by atoms with E-state index in [1.165, 1.54) is 12.1 Å². The van der Waals surface area contributed by atoms with Gasteiger partial charge in [-0.2, -0.15) is 8.78 Å². The van der Waals surface area contributed by atoms with Crippen LogP contribution in [0.3, 0.4) is 0 Å². The average molecular weight is 521 g/mol. The number of allylic oxidation sites excluding steroid dienone is 3. The van der Waals surface area contributed by atoms with Crippen molar-refractivity contribution in [1.29, 1.82) is 0 Å². The first kappa shape index (κ1) is 26.9. The molecule has 1 saturated heterocycles. The summed E-state index contributed by atoms with van der Waals surface area (Å²) < 4.78 is 43.2. The molecule has 36 heavy (non-hydrogen) atoms. The van der Waals surface area contributed by atoms with Gasteiger partial charge in [0.1, 0.15) is 0 Å². The molecule has 0 bridgehead atoms. The van der Waals surface area contributed by atoms with E-state index in [1.54, 1.807) is 0 Å². The number of hydrogen-bond acceptors (Lipinski definition) is 5. The Kier molecular flexibility index (Phi) is 9.28. The number of unbranched alkanes of at least 4 members (excludes halogenated alkanes) is 1. The second-order valence-electron chi connectivity index (χ2n) is 9.64. The Balaban J connectivity index is 1.49. The molecular weight excluding hydrogens is 486 g/mol. The van der Waals surface area contributed by atoms with Crippen molar-refractivity contribution >= 4 is 27.4 Å². The molecule has 1 aromatic carbocycles. The molecule has 2 fully saturated rings. The van der Waals surface area contributed by atoms with E-state index in [4.69, 9.17) is 14.6 Å². The third-order valence-corrected chi connectivity index (χ3v) is 8.18. The van der Waals surface area contributed by atoms with E-state index in [0.29, 0.717) is 32.3 Å². The van der Waals surface area contributed by atoms with E-state index in [1.807, 2.05) is 36.4 Å². The lowest BCUT2D eigenvalue weighted by atomic mass is 9.89. The van der Waals surface area contributed by atoms with Crippen molar-refractivity contribution in [2.45, 2.75) is 75.8 Å². The minimum Gasteiger partial charge on any atom is -0.481 e. The number of carbonyl (C=O) groups is 1. The predicted molar refractivity (Wildman–Crippen MR) is 136 cm³/mol. The number of fused-ring (bicyclic) bond motifs is 1. The van der Waals surface area contributed by atoms with Crippen LogP contribution in [-0.2, 0) is 20.2 Å². The van der Waals surface area contributed by atoms with Gasteiger partial charge < -0.3 is 19.7 Å². The summed E-state index contributed by atoms with van der Waals surface area (Å²) in [6.45, 7) is 0.618. The van der Waals surface area contributed by atoms with Crippen molar-refractivity contribution < 1.29 is 33.3 Å². The van der Waals surface area contributed by atoms with Crippen LogP contribution in [0.15, 0.2) is 54.6 Å². The van der Waals surface area contributed by atoms with Crippen LogP contribution in [-0.4, -0.2) is 41.3 Å². The molecule has 4 rings (SSSR count). The highest BCUT2D eigenvalue weighted by Gasteiger charge is 2.43. The Bertz CT molecular complexity index is 1030. The first-order chi connectivity index (χ1) is 17.3. The molecular formula is C28H34F2O5S. The van der Waals surface area contributed by atoms with Gasteiger partial charge in [0.2, 0.25) is 0 Å². The number of aliphatic hydroxyl groups excluding tert-OH is 1. The van der Waals surface area contributed by atoms with Gasteiger partial charge in [-0.15, -0.1) is 11.3 Å². The number of carboxylic acid groups (broad SMARTS) is 1. The van der Waals surface area contributed by atoms with Crippen molar-refractivity contribution in [1.82, 2.24) is 0 Å². The summed E-state index contributed by atoms with van der Waals surface area (Å²) in [5.74, 6) is -4.64. The summed E-state index contributed by atoms with van der Waals surface area (Å²) in [5.41, 5.74) is 0. The average Bonchev–Trinajstić information content (AvgIpc) is 3.42. The summed E-state index contributed by atoms with van der Waals surface area (Å²) in [7, 11) is 0. The Labute approximate surface area is 214 Å². The maximum atomic E-state index is 15.2. The van der Waals surface area contributed by atoms with Gasteiger partial charge in [0, 0.05) is 30.1 Å². The number of aliphatic hydroxyl groups is 1. The smallest absolute Gasteiger partial charge is 0.303 e. The van der Waals surface area contributed by atoms with Gasteiger partial charge >= 0.3 is 11.9 Å². The minimum atomic E-state index is -3.14. The van der Waals surface area contributed by atoms with Gasteiger partial charge in [0.15, 0.2) is 6.29 Å². The molecule has 2 aliphatic rings. The molecule has 0 amide bonds. The number of carboxylic acids is 1. The lowest BCUT2D eigenvalue weighted by molar-refractivity contribution is -0.193. The van der Waals surface area contributed by atoms with E-state index in [0.717, 1.165) is 46.8 Å². The quantitative estimate of drug-likeness (QED) is 0.256. The lowest BCUT2D eigenvalue weighted by Gasteiger charge is -2.29. The van der Waals surface area contributed by atoms with Crippen LogP contribution in [0.1, 0.15) is 56.2 Å². The first-order valence-corrected chi connectivity index (χ1v) is 13.5. The molecule has 5 nitrogen and oxygen atoms in total. The fraction of sp³-hybridized carbons (Fsp3) is 0.536. The number of aliphatic carboxylic acids is 1. The maximum Gasteiger partial charge on any atom is 0.303 e. The van der Waals surface area contributed by atoms with Gasteiger partial charge in [-0.1, -0.05) is 36.4 Å². The van der Waals surface area contributed by atoms with Crippen LogP contribution in [0, 0.1) is 11.8 Å². The number of benzene rings is 1. The zero-order valence-electron chi connectivity index (χ0n) is 20.2. The molecule has 1 aliphatic heterocycles. The number of thiophene rings is 1. The highest BCUT2D eigenvalue weighted by Crippen LogP contribution is 2.42. The summed E-state index contributed by atoms with van der Waals surface area (Å²) in [6, 6.07) is 8.88. The monoisotopic (exact) mass is 520 g/mol. The predicted octanol–water partition coefficient (Wildman–Crippen LogP) is 6.66. The summed E-state index contributed by atoms with van der Waals surface area (Å²) in [6.07, 6.45) is 9.69. The molecule has 0 radical (unpaired) electrons. The summed E-state index contributed by atoms with van der Waals surface area (Å²) >= 11 is 1.09. The second-order valence-corrected chi connectivity index (χ2v) is 10.7. The van der Waals surface area contributed by atoms with Gasteiger partial charge in [-0.25, -0.2) is 0 Å². The third-order valence-electron chi connectivity index (χ3n) is 6.97. The SMILES string of the molecule is O=C(O)CCCC=CC[C@@H]1[C@@H](C=CC(F)(F)c2cc3ccccc3s2)[C@H](OC2CCCCO2)C[C@@H]1O. The van der Waals surface area contributed by atoms with Crippen molar-refractivity contribution in [3.05, 3.63) is 59.5 Å². The third kappa shape index (κ3) is 7.00. The van der Waals surface area contributed by atoms with Crippen LogP contribution in [0.2, 0.25) is 0 Å². The molecule has 1 aromatic heterocycles. The number of rotatable bonds is 11.